The molecule has 4 nitrogen and oxygen atoms in total. The predicted molar refractivity (Wildman–Crippen MR) is 109 cm³/mol. The first-order valence-electron chi connectivity index (χ1n) is 10.1. The Hall–Kier alpha value is -2.01. The van der Waals surface area contributed by atoms with Crippen LogP contribution in [0.4, 0.5) is 0 Å². The summed E-state index contributed by atoms with van der Waals surface area (Å²) in [6.45, 7) is 2.14. The monoisotopic (exact) mass is 379 g/mol. The molecule has 4 fully saturated rings. The van der Waals surface area contributed by atoms with Gasteiger partial charge in [0, 0.05) is 16.7 Å². The van der Waals surface area contributed by atoms with Crippen LogP contribution >= 0.6 is 11.3 Å². The minimum absolute atomic E-state index is 0.191. The number of nitrogens with zero attached hydrogens (tertiary/aromatic N) is 2. The van der Waals surface area contributed by atoms with Crippen LogP contribution in [-0.2, 0) is 6.42 Å². The largest absolute Gasteiger partial charge is 0.290 e. The maximum Gasteiger partial charge on any atom is 0.290 e. The Morgan fingerprint density at radius 3 is 2.41 bits per heavy atom. The highest BCUT2D eigenvalue weighted by atomic mass is 32.1. The summed E-state index contributed by atoms with van der Waals surface area (Å²) >= 11 is 1.51. The molecule has 0 saturated heterocycles. The van der Waals surface area contributed by atoms with E-state index in [0.29, 0.717) is 17.5 Å². The first-order valence-corrected chi connectivity index (χ1v) is 11.0. The van der Waals surface area contributed by atoms with Crippen LogP contribution in [0.1, 0.15) is 55.1 Å². The highest BCUT2D eigenvalue weighted by Crippen LogP contribution is 2.52. The van der Waals surface area contributed by atoms with E-state index in [2.05, 4.69) is 46.7 Å². The summed E-state index contributed by atoms with van der Waals surface area (Å²) in [5.74, 6) is 2.82. The quantitative estimate of drug-likeness (QED) is 0.767. The molecule has 4 aliphatic rings. The molecule has 140 valence electrons. The van der Waals surface area contributed by atoms with Gasteiger partial charge < -0.3 is 0 Å². The van der Waals surface area contributed by atoms with Crippen molar-refractivity contribution in [2.45, 2.75) is 45.4 Å². The summed E-state index contributed by atoms with van der Waals surface area (Å²) in [4.78, 5) is 17.1. The Balaban J connectivity index is 1.28. The molecule has 0 spiro atoms. The van der Waals surface area contributed by atoms with Crippen molar-refractivity contribution in [1.29, 1.82) is 0 Å². The summed E-state index contributed by atoms with van der Waals surface area (Å²) in [6.07, 6.45) is 7.54. The van der Waals surface area contributed by atoms with E-state index in [1.54, 1.807) is 0 Å². The van der Waals surface area contributed by atoms with E-state index >= 15 is 0 Å². The first kappa shape index (κ1) is 17.1. The number of rotatable bonds is 4. The number of carbonyl (C=O) groups is 1. The van der Waals surface area contributed by atoms with Crippen LogP contribution in [0.2, 0.25) is 0 Å². The van der Waals surface area contributed by atoms with Crippen molar-refractivity contribution in [3.63, 3.8) is 0 Å². The maximum atomic E-state index is 12.6. The van der Waals surface area contributed by atoms with Crippen LogP contribution in [-0.4, -0.2) is 16.6 Å². The fraction of sp³-hybridized carbons (Fsp3) is 0.500. The van der Waals surface area contributed by atoms with Crippen molar-refractivity contribution in [3.05, 3.63) is 40.9 Å². The van der Waals surface area contributed by atoms with Gasteiger partial charge in [-0.2, -0.15) is 5.10 Å². The van der Waals surface area contributed by atoms with Gasteiger partial charge in [0.25, 0.3) is 5.91 Å². The van der Waals surface area contributed by atoms with Gasteiger partial charge >= 0.3 is 0 Å². The average Bonchev–Trinajstić information content (AvgIpc) is 3.17. The van der Waals surface area contributed by atoms with Gasteiger partial charge in [0.1, 0.15) is 10.7 Å². The fourth-order valence-electron chi connectivity index (χ4n) is 5.42. The first-order chi connectivity index (χ1) is 13.2. The molecule has 0 aliphatic heterocycles. The van der Waals surface area contributed by atoms with Crippen LogP contribution in [0, 0.1) is 23.7 Å². The lowest BCUT2D eigenvalue weighted by atomic mass is 9.55. The van der Waals surface area contributed by atoms with Crippen LogP contribution in [0.3, 0.4) is 0 Å². The zero-order chi connectivity index (χ0) is 18.4. The minimum atomic E-state index is -0.191. The van der Waals surface area contributed by atoms with Gasteiger partial charge in [0.15, 0.2) is 0 Å². The van der Waals surface area contributed by atoms with Crippen LogP contribution in [0.15, 0.2) is 34.7 Å². The predicted octanol–water partition coefficient (Wildman–Crippen LogP) is 4.91. The molecule has 0 atom stereocenters. The van der Waals surface area contributed by atoms with E-state index in [1.807, 2.05) is 5.38 Å². The summed E-state index contributed by atoms with van der Waals surface area (Å²) in [6, 6.07) is 8.39. The zero-order valence-corrected chi connectivity index (χ0v) is 16.5. The highest BCUT2D eigenvalue weighted by Gasteiger charge is 2.46. The molecule has 1 amide bonds. The topological polar surface area (TPSA) is 54.4 Å². The normalized spacial score (nSPS) is 28.4. The Morgan fingerprint density at radius 2 is 1.78 bits per heavy atom. The van der Waals surface area contributed by atoms with E-state index in [9.17, 15) is 4.79 Å². The van der Waals surface area contributed by atoms with Crippen molar-refractivity contribution in [1.82, 2.24) is 10.4 Å². The minimum Gasteiger partial charge on any atom is -0.266 e. The van der Waals surface area contributed by atoms with Gasteiger partial charge in [0.05, 0.1) is 0 Å². The molecule has 1 heterocycles. The Morgan fingerprint density at radius 1 is 1.11 bits per heavy atom. The SMILES string of the molecule is CCc1ccc(-c2nc(C(=O)NN=C3C4CC5CC(C4)CC3C5)cs2)cc1. The Bertz CT molecular complexity index is 853. The molecule has 0 radical (unpaired) electrons. The molecule has 2 aromatic rings. The molecule has 6 rings (SSSR count). The number of hydrazone groups is 1. The second-order valence-electron chi connectivity index (χ2n) is 8.37. The van der Waals surface area contributed by atoms with Crippen molar-refractivity contribution < 1.29 is 4.79 Å². The number of aryl methyl sites for hydroxylation is 1. The molecule has 5 heteroatoms. The number of carbonyl (C=O) groups excluding carboxylic acids is 1. The average molecular weight is 380 g/mol. The van der Waals surface area contributed by atoms with Crippen LogP contribution < -0.4 is 5.43 Å². The summed E-state index contributed by atoms with van der Waals surface area (Å²) in [5.41, 5.74) is 6.88. The van der Waals surface area contributed by atoms with Crippen molar-refractivity contribution >= 4 is 23.0 Å². The third kappa shape index (κ3) is 3.22. The van der Waals surface area contributed by atoms with Gasteiger partial charge in [-0.05, 0) is 67.8 Å². The lowest BCUT2D eigenvalue weighted by Crippen LogP contribution is -2.46. The van der Waals surface area contributed by atoms with E-state index in [-0.39, 0.29) is 5.91 Å². The number of hydrogen-bond donors (Lipinski definition) is 1. The molecule has 1 N–H and O–H groups in total. The second-order valence-corrected chi connectivity index (χ2v) is 9.23. The zero-order valence-electron chi connectivity index (χ0n) is 15.6. The molecule has 1 aromatic carbocycles. The number of thiazole rings is 1. The van der Waals surface area contributed by atoms with Crippen molar-refractivity contribution in [3.8, 4) is 10.6 Å². The van der Waals surface area contributed by atoms with Gasteiger partial charge in [-0.25, -0.2) is 10.4 Å². The number of nitrogens with one attached hydrogen (secondary N) is 1. The number of benzene rings is 1. The Labute approximate surface area is 164 Å². The van der Waals surface area contributed by atoms with Gasteiger partial charge in [-0.3, -0.25) is 4.79 Å². The van der Waals surface area contributed by atoms with Crippen LogP contribution in [0.5, 0.6) is 0 Å². The summed E-state index contributed by atoms with van der Waals surface area (Å²) < 4.78 is 0. The molecule has 0 unspecified atom stereocenters. The van der Waals surface area contributed by atoms with E-state index in [4.69, 9.17) is 0 Å². The third-order valence-corrected chi connectivity index (χ3v) is 7.50. The van der Waals surface area contributed by atoms with E-state index in [1.165, 1.54) is 54.7 Å². The molecular formula is C22H25N3OS. The second kappa shape index (κ2) is 6.86. The molecule has 4 saturated carbocycles. The maximum absolute atomic E-state index is 12.6. The number of amides is 1. The number of aromatic nitrogens is 1. The van der Waals surface area contributed by atoms with Gasteiger partial charge in [-0.15, -0.1) is 11.3 Å². The van der Waals surface area contributed by atoms with Gasteiger partial charge in [-0.1, -0.05) is 31.2 Å². The van der Waals surface area contributed by atoms with Crippen molar-refractivity contribution in [2.24, 2.45) is 28.8 Å². The lowest BCUT2D eigenvalue weighted by Gasteiger charge is -2.50. The van der Waals surface area contributed by atoms with Gasteiger partial charge in [0.2, 0.25) is 0 Å². The third-order valence-electron chi connectivity index (χ3n) is 6.61. The summed E-state index contributed by atoms with van der Waals surface area (Å²) in [5, 5.41) is 7.29. The van der Waals surface area contributed by atoms with Crippen LogP contribution in [0.25, 0.3) is 10.6 Å². The molecule has 4 bridgehead atoms. The molecular weight excluding hydrogens is 354 g/mol. The van der Waals surface area contributed by atoms with E-state index < -0.39 is 0 Å². The molecule has 4 aliphatic carbocycles. The molecule has 27 heavy (non-hydrogen) atoms. The van der Waals surface area contributed by atoms with E-state index in [0.717, 1.165) is 28.8 Å². The standard InChI is InChI=1S/C22H25N3OS/c1-2-13-3-5-16(6-4-13)22-23-19(12-27-22)21(26)25-24-20-17-8-14-7-15(10-17)11-18(20)9-14/h3-6,12,14-15,17-18H,2,7-11H2,1H3,(H,25,26). The van der Waals surface area contributed by atoms with Crippen molar-refractivity contribution in [2.75, 3.05) is 0 Å². The number of hydrogen-bond acceptors (Lipinski definition) is 4. The Kier molecular flexibility index (Phi) is 4.35. The fourth-order valence-corrected chi connectivity index (χ4v) is 6.22. The highest BCUT2D eigenvalue weighted by molar-refractivity contribution is 7.13. The summed E-state index contributed by atoms with van der Waals surface area (Å²) in [7, 11) is 0. The lowest BCUT2D eigenvalue weighted by molar-refractivity contribution is 0.0938. The smallest absolute Gasteiger partial charge is 0.266 e. The molecule has 1 aromatic heterocycles.